The topological polar surface area (TPSA) is 182 Å². The number of benzene rings is 2. The lowest BCUT2D eigenvalue weighted by Crippen LogP contribution is -2.69. The summed E-state index contributed by atoms with van der Waals surface area (Å²) in [6.07, 6.45) is 18.6. The summed E-state index contributed by atoms with van der Waals surface area (Å²) in [7, 11) is 1.82. The van der Waals surface area contributed by atoms with Gasteiger partial charge < -0.3 is 39.5 Å². The van der Waals surface area contributed by atoms with Crippen molar-refractivity contribution >= 4 is 23.4 Å². The van der Waals surface area contributed by atoms with Crippen molar-refractivity contribution in [3.8, 4) is 11.5 Å². The van der Waals surface area contributed by atoms with Gasteiger partial charge in [-0.3, -0.25) is 14.9 Å². The zero-order chi connectivity index (χ0) is 45.9. The van der Waals surface area contributed by atoms with E-state index in [9.17, 15) is 29.9 Å². The van der Waals surface area contributed by atoms with Crippen LogP contribution >= 0.6 is 0 Å². The summed E-state index contributed by atoms with van der Waals surface area (Å²) in [6, 6.07) is 10.9. The summed E-state index contributed by atoms with van der Waals surface area (Å²) in [4.78, 5) is 45.9. The third-order valence-corrected chi connectivity index (χ3v) is 13.1. The van der Waals surface area contributed by atoms with Crippen molar-refractivity contribution in [3.05, 3.63) is 88.0 Å². The molecule has 5 rings (SSSR count). The van der Waals surface area contributed by atoms with E-state index in [0.717, 1.165) is 62.5 Å². The molecule has 352 valence electrons. The molecule has 1 fully saturated rings. The summed E-state index contributed by atoms with van der Waals surface area (Å²) < 4.78 is 20.0. The average molecular weight is 889 g/mol. The monoisotopic (exact) mass is 889 g/mol. The Morgan fingerprint density at radius 2 is 1.66 bits per heavy atom. The van der Waals surface area contributed by atoms with Gasteiger partial charge in [-0.25, -0.2) is 4.79 Å². The lowest BCUT2D eigenvalue weighted by Gasteiger charge is -2.59. The Hall–Kier alpha value is -4.79. The molecule has 14 nitrogen and oxygen atoms in total. The van der Waals surface area contributed by atoms with Crippen molar-refractivity contribution in [2.45, 2.75) is 147 Å². The zero-order valence-corrected chi connectivity index (χ0v) is 38.3. The molecule has 1 saturated carbocycles. The van der Waals surface area contributed by atoms with Crippen molar-refractivity contribution in [2.75, 3.05) is 33.4 Å². The van der Waals surface area contributed by atoms with Gasteiger partial charge in [0.05, 0.1) is 23.2 Å². The number of rotatable bonds is 28. The fourth-order valence-corrected chi connectivity index (χ4v) is 9.91. The van der Waals surface area contributed by atoms with Crippen LogP contribution in [-0.2, 0) is 21.0 Å². The second kappa shape index (κ2) is 25.6. The molecule has 1 aliphatic heterocycles. The van der Waals surface area contributed by atoms with E-state index < -0.39 is 28.8 Å². The minimum Gasteiger partial charge on any atom is -0.459 e. The molecule has 6 unspecified atom stereocenters. The van der Waals surface area contributed by atoms with E-state index in [1.807, 2.05) is 26.1 Å². The minimum atomic E-state index is -1.40. The maximum atomic E-state index is 14.4. The molecule has 3 aliphatic rings. The van der Waals surface area contributed by atoms with Gasteiger partial charge in [0.2, 0.25) is 11.7 Å². The van der Waals surface area contributed by atoms with Gasteiger partial charge in [-0.05, 0) is 92.3 Å². The van der Waals surface area contributed by atoms with Gasteiger partial charge in [0, 0.05) is 63.3 Å². The van der Waals surface area contributed by atoms with E-state index in [0.29, 0.717) is 48.6 Å². The second-order valence-corrected chi connectivity index (χ2v) is 17.5. The molecule has 2 aromatic carbocycles. The number of carbonyl (C=O) groups is 2. The Morgan fingerprint density at radius 1 is 0.969 bits per heavy atom. The molecule has 2 aliphatic carbocycles. The number of nitro benzene ring substituents is 1. The molecule has 0 saturated heterocycles. The Bertz CT molecular complexity index is 1890. The van der Waals surface area contributed by atoms with Crippen molar-refractivity contribution in [2.24, 2.45) is 22.9 Å². The number of hydrogen-bond donors (Lipinski definition) is 3. The predicted molar refractivity (Wildman–Crippen MR) is 247 cm³/mol. The van der Waals surface area contributed by atoms with Crippen molar-refractivity contribution in [1.82, 2.24) is 10.2 Å². The molecule has 0 spiro atoms. The highest BCUT2D eigenvalue weighted by Gasteiger charge is 2.65. The normalized spacial score (nSPS) is 22.7. The number of hydrogen-bond acceptors (Lipinski definition) is 11. The van der Waals surface area contributed by atoms with E-state index in [2.05, 4.69) is 24.9 Å². The predicted octanol–water partition coefficient (Wildman–Crippen LogP) is 9.92. The van der Waals surface area contributed by atoms with Gasteiger partial charge >= 0.3 is 6.09 Å². The lowest BCUT2D eigenvalue weighted by atomic mass is 9.55. The number of nitrogens with zero attached hydrogens (tertiary/aromatic N) is 3. The summed E-state index contributed by atoms with van der Waals surface area (Å²) in [5.41, 5.74) is 3.04. The minimum absolute atomic E-state index is 0.00271. The molecule has 1 heterocycles. The van der Waals surface area contributed by atoms with Gasteiger partial charge in [0.15, 0.2) is 0 Å². The van der Waals surface area contributed by atoms with Crippen LogP contribution in [0.15, 0.2) is 71.9 Å². The van der Waals surface area contributed by atoms with E-state index in [-0.39, 0.29) is 62.2 Å². The van der Waals surface area contributed by atoms with E-state index in [1.165, 1.54) is 44.2 Å². The first-order valence-electron chi connectivity index (χ1n) is 23.8. The Kier molecular flexibility index (Phi) is 20.1. The first-order valence-corrected chi connectivity index (χ1v) is 23.8. The molecule has 14 heteroatoms. The largest absolute Gasteiger partial charge is 0.459 e. The number of aliphatic hydroxyl groups excluding tert-OH is 2. The quantitative estimate of drug-likeness (QED) is 0.0322. The molecule has 0 radical (unpaired) electrons. The van der Waals surface area contributed by atoms with E-state index in [4.69, 9.17) is 24.2 Å². The summed E-state index contributed by atoms with van der Waals surface area (Å²) in [5.74, 6) is -1.29. The zero-order valence-electron chi connectivity index (χ0n) is 38.3. The van der Waals surface area contributed by atoms with Gasteiger partial charge in [-0.1, -0.05) is 88.4 Å². The van der Waals surface area contributed by atoms with Crippen LogP contribution in [0.4, 0.5) is 10.5 Å². The number of likely N-dealkylation sites (N-methyl/N-ethyl adjacent to an activating group) is 1. The highest BCUT2D eigenvalue weighted by molar-refractivity contribution is 6.03. The van der Waals surface area contributed by atoms with E-state index in [1.54, 1.807) is 29.2 Å². The highest BCUT2D eigenvalue weighted by atomic mass is 16.7. The number of nitrogens with one attached hydrogen (secondary N) is 1. The molecular weight excluding hydrogens is 817 g/mol. The van der Waals surface area contributed by atoms with Crippen LogP contribution in [-0.4, -0.2) is 83.0 Å². The van der Waals surface area contributed by atoms with Crippen LogP contribution in [0.5, 0.6) is 11.5 Å². The van der Waals surface area contributed by atoms with Crippen LogP contribution in [0, 0.1) is 27.9 Å². The maximum Gasteiger partial charge on any atom is 0.412 e. The molecule has 0 bridgehead atoms. The van der Waals surface area contributed by atoms with Gasteiger partial charge in [0.1, 0.15) is 24.1 Å². The van der Waals surface area contributed by atoms with Crippen LogP contribution in [0.2, 0.25) is 0 Å². The third kappa shape index (κ3) is 12.9. The number of allylic oxidation sites excluding steroid dienone is 1. The number of non-ortho nitro benzene ring substituents is 1. The SMILES string of the molecule is C=CCOC12Oc3ccc(OC(=O)NCC)cc3C3C(CCCCO)C(CCCCO)C=C(C(=NOCc4ccc([N+](=O)[O-])cc4)CC1N(C)C(=O)CCCCCCCCCCC)C32. The fraction of sp³-hybridized carbons (Fsp3) is 0.620. The highest BCUT2D eigenvalue weighted by Crippen LogP contribution is 2.62. The van der Waals surface area contributed by atoms with E-state index >= 15 is 0 Å². The molecule has 0 aromatic heterocycles. The number of ether oxygens (including phenoxy) is 3. The number of fused-ring (bicyclic) bond motifs is 2. The first kappa shape index (κ1) is 50.2. The third-order valence-electron chi connectivity index (χ3n) is 13.1. The number of oxime groups is 1. The van der Waals surface area contributed by atoms with Gasteiger partial charge in [0.25, 0.3) is 5.69 Å². The summed E-state index contributed by atoms with van der Waals surface area (Å²) in [5, 5.41) is 38.7. The smallest absolute Gasteiger partial charge is 0.412 e. The van der Waals surface area contributed by atoms with Crippen LogP contribution in [0.3, 0.4) is 0 Å². The maximum absolute atomic E-state index is 14.4. The molecule has 64 heavy (non-hydrogen) atoms. The molecule has 2 aromatic rings. The number of unbranched alkanes of at least 4 members (excludes halogenated alkanes) is 10. The van der Waals surface area contributed by atoms with Gasteiger partial charge in [-0.15, -0.1) is 6.58 Å². The van der Waals surface area contributed by atoms with Crippen molar-refractivity contribution in [3.63, 3.8) is 0 Å². The average Bonchev–Trinajstić information content (AvgIpc) is 3.29. The Balaban J connectivity index is 1.61. The van der Waals surface area contributed by atoms with Crippen LogP contribution in [0.1, 0.15) is 140 Å². The number of carbonyl (C=O) groups excluding carboxylic acids is 2. The second-order valence-electron chi connectivity index (χ2n) is 17.5. The number of nitro groups is 1. The Labute approximate surface area is 379 Å². The van der Waals surface area contributed by atoms with Crippen LogP contribution < -0.4 is 14.8 Å². The lowest BCUT2D eigenvalue weighted by molar-refractivity contribution is -0.384. The number of amides is 2. The first-order chi connectivity index (χ1) is 31.1. The number of aliphatic hydroxyl groups is 2. The van der Waals surface area contributed by atoms with Crippen LogP contribution in [0.25, 0.3) is 0 Å². The fourth-order valence-electron chi connectivity index (χ4n) is 9.91. The Morgan fingerprint density at radius 3 is 2.31 bits per heavy atom. The molecule has 3 N–H and O–H groups in total. The van der Waals surface area contributed by atoms with Gasteiger partial charge in [-0.2, -0.15) is 0 Å². The summed E-state index contributed by atoms with van der Waals surface area (Å²) in [6.45, 7) is 8.78. The molecular formula is C50H72N4O10. The summed E-state index contributed by atoms with van der Waals surface area (Å²) >= 11 is 0. The van der Waals surface area contributed by atoms with Crippen molar-refractivity contribution in [1.29, 1.82) is 0 Å². The van der Waals surface area contributed by atoms with Crippen molar-refractivity contribution < 1.29 is 43.8 Å². The standard InChI is InChI=1S/C50H72N4O10/c1-5-8-9-10-11-12-13-14-15-22-46(57)53(4)45-34-43(52-62-35-36-23-25-38(26-24-36)54(59)60)41-32-37(20-16-18-29-55)40(21-17-19-30-56)47-42-33-39(63-49(58)51-7-3)27-28-44(42)64-50(45,48(41)47)61-31-6-2/h6,23-28,32-33,37,40,45,47-48,55-56H,2,5,7-22,29-31,34-35H2,1,3-4H3,(H,51,58). The molecule has 2 amide bonds. The molecule has 6 atom stereocenters.